The average Bonchev–Trinajstić information content (AvgIpc) is 2.90. The Morgan fingerprint density at radius 2 is 1.28 bits per heavy atom. The van der Waals surface area contributed by atoms with E-state index in [-0.39, 0.29) is 0 Å². The maximum Gasteiger partial charge on any atom is 0.229 e. The molecule has 2 aromatic heterocycles. The van der Waals surface area contributed by atoms with Crippen molar-refractivity contribution < 1.29 is 0 Å². The van der Waals surface area contributed by atoms with Gasteiger partial charge in [0.25, 0.3) is 0 Å². The van der Waals surface area contributed by atoms with Gasteiger partial charge in [0.15, 0.2) is 8.68 Å². The van der Waals surface area contributed by atoms with Gasteiger partial charge in [0.2, 0.25) is 9.60 Å². The van der Waals surface area contributed by atoms with E-state index in [0.717, 1.165) is 18.3 Å². The largest absolute Gasteiger partial charge is 0.239 e. The predicted octanol–water partition coefficient (Wildman–Crippen LogP) is 1.14. The van der Waals surface area contributed by atoms with E-state index in [1.165, 1.54) is 22.7 Å². The number of hydrogen-bond acceptors (Lipinski definition) is 8. The Morgan fingerprint density at radius 3 is 1.56 bits per heavy atom. The lowest BCUT2D eigenvalue weighted by molar-refractivity contribution is 0.678. The molecule has 0 bridgehead atoms. The molecule has 10 heteroatoms. The zero-order valence-electron chi connectivity index (χ0n) is 10.3. The maximum atomic E-state index is 4.31. The highest BCUT2D eigenvalue weighted by atomic mass is 32.2. The molecule has 0 aromatic carbocycles. The highest BCUT2D eigenvalue weighted by Gasteiger charge is 2.01. The number of nitrogens with zero attached hydrogens (tertiary/aromatic N) is 6. The third kappa shape index (κ3) is 3.05. The van der Waals surface area contributed by atoms with Crippen LogP contribution in [-0.4, -0.2) is 32.1 Å². The fourth-order valence-corrected chi connectivity index (χ4v) is 3.75. The molecular formula is C8H12N6S4. The van der Waals surface area contributed by atoms with Gasteiger partial charge in [-0.25, -0.2) is 9.36 Å². The average molecular weight is 320 g/mol. The SMILES string of the molecule is CSc1nn(C)/c(=N/N=c2\sc(SC)nn2C)s1. The van der Waals surface area contributed by atoms with E-state index in [0.29, 0.717) is 0 Å². The van der Waals surface area contributed by atoms with Gasteiger partial charge in [-0.1, -0.05) is 46.2 Å². The van der Waals surface area contributed by atoms with Gasteiger partial charge in [0, 0.05) is 14.1 Å². The van der Waals surface area contributed by atoms with Crippen molar-refractivity contribution in [2.24, 2.45) is 24.3 Å². The van der Waals surface area contributed by atoms with Gasteiger partial charge in [-0.15, -0.1) is 10.2 Å². The lowest BCUT2D eigenvalue weighted by Gasteiger charge is -1.85. The van der Waals surface area contributed by atoms with Crippen molar-refractivity contribution in [1.29, 1.82) is 0 Å². The molecule has 0 aliphatic rings. The first-order valence-electron chi connectivity index (χ1n) is 4.88. The van der Waals surface area contributed by atoms with Crippen molar-refractivity contribution in [3.63, 3.8) is 0 Å². The van der Waals surface area contributed by atoms with Crippen LogP contribution in [0.5, 0.6) is 0 Å². The molecule has 0 spiro atoms. The number of hydrogen-bond donors (Lipinski definition) is 0. The van der Waals surface area contributed by atoms with Crippen LogP contribution in [-0.2, 0) is 14.1 Å². The Hall–Kier alpha value is -0.580. The van der Waals surface area contributed by atoms with Crippen molar-refractivity contribution in [3.05, 3.63) is 9.60 Å². The smallest absolute Gasteiger partial charge is 0.229 e. The third-order valence-electron chi connectivity index (χ3n) is 1.94. The first-order valence-corrected chi connectivity index (χ1v) is 8.96. The van der Waals surface area contributed by atoms with Crippen LogP contribution >= 0.6 is 46.2 Å². The minimum atomic E-state index is 0.776. The van der Waals surface area contributed by atoms with Crippen molar-refractivity contribution >= 4 is 46.2 Å². The summed E-state index contributed by atoms with van der Waals surface area (Å²) in [4.78, 5) is 1.55. The Bertz CT molecular complexity index is 601. The third-order valence-corrected chi connectivity index (χ3v) is 5.88. The summed E-state index contributed by atoms with van der Waals surface area (Å²) >= 11 is 6.25. The predicted molar refractivity (Wildman–Crippen MR) is 76.9 cm³/mol. The summed E-state index contributed by atoms with van der Waals surface area (Å²) in [6.07, 6.45) is 3.99. The monoisotopic (exact) mass is 320 g/mol. The molecule has 98 valence electrons. The van der Waals surface area contributed by atoms with E-state index >= 15 is 0 Å². The summed E-state index contributed by atoms with van der Waals surface area (Å²) < 4.78 is 5.42. The van der Waals surface area contributed by atoms with E-state index in [2.05, 4.69) is 20.4 Å². The normalized spacial score (nSPS) is 13.6. The topological polar surface area (TPSA) is 60.4 Å². The number of rotatable bonds is 3. The molecule has 2 rings (SSSR count). The van der Waals surface area contributed by atoms with Gasteiger partial charge < -0.3 is 0 Å². The van der Waals surface area contributed by atoms with Crippen LogP contribution in [0.2, 0.25) is 0 Å². The number of aryl methyl sites for hydroxylation is 2. The van der Waals surface area contributed by atoms with Gasteiger partial charge in [0.1, 0.15) is 0 Å². The Morgan fingerprint density at radius 1 is 0.889 bits per heavy atom. The second-order valence-corrected chi connectivity index (χ2v) is 7.18. The van der Waals surface area contributed by atoms with Gasteiger partial charge >= 0.3 is 0 Å². The van der Waals surface area contributed by atoms with Crippen LogP contribution in [0, 0.1) is 0 Å². The molecule has 2 aromatic rings. The molecule has 0 saturated heterocycles. The fourth-order valence-electron chi connectivity index (χ4n) is 1.08. The standard InChI is InChI=1S/C8H12N6S4/c1-13-5(17-7(11-13)15-3)9-10-6-14(2)12-8(16-4)18-6/h1-4H3/b9-5-,10-6-. The van der Waals surface area contributed by atoms with Crippen LogP contribution in [0.1, 0.15) is 0 Å². The van der Waals surface area contributed by atoms with Gasteiger partial charge in [-0.2, -0.15) is 10.2 Å². The van der Waals surface area contributed by atoms with Crippen molar-refractivity contribution in [2.45, 2.75) is 8.68 Å². The van der Waals surface area contributed by atoms with Crippen molar-refractivity contribution in [2.75, 3.05) is 12.5 Å². The first kappa shape index (κ1) is 13.8. The van der Waals surface area contributed by atoms with E-state index in [1.54, 1.807) is 32.9 Å². The van der Waals surface area contributed by atoms with Gasteiger partial charge in [-0.05, 0) is 12.5 Å². The molecule has 0 N–H and O–H groups in total. The van der Waals surface area contributed by atoms with Crippen molar-refractivity contribution in [3.8, 4) is 0 Å². The van der Waals surface area contributed by atoms with Crippen molar-refractivity contribution in [1.82, 2.24) is 19.6 Å². The lowest BCUT2D eigenvalue weighted by Crippen LogP contribution is -2.14. The number of aromatic nitrogens is 4. The molecule has 0 atom stereocenters. The quantitative estimate of drug-likeness (QED) is 0.628. The first-order chi connectivity index (χ1) is 8.63. The highest BCUT2D eigenvalue weighted by Crippen LogP contribution is 2.13. The second-order valence-electron chi connectivity index (χ2n) is 3.16. The van der Waals surface area contributed by atoms with Crippen LogP contribution in [0.15, 0.2) is 18.9 Å². The highest BCUT2D eigenvalue weighted by molar-refractivity contribution is 8.00. The summed E-state index contributed by atoms with van der Waals surface area (Å²) in [5.74, 6) is 0. The van der Waals surface area contributed by atoms with E-state index in [9.17, 15) is 0 Å². The molecule has 18 heavy (non-hydrogen) atoms. The van der Waals surface area contributed by atoms with Crippen LogP contribution in [0.4, 0.5) is 0 Å². The second kappa shape index (κ2) is 6.04. The molecule has 0 unspecified atom stereocenters. The molecule has 2 heterocycles. The lowest BCUT2D eigenvalue weighted by atomic mass is 11.2. The van der Waals surface area contributed by atoms with Crippen LogP contribution in [0.3, 0.4) is 0 Å². The molecule has 0 fully saturated rings. The van der Waals surface area contributed by atoms with E-state index in [1.807, 2.05) is 26.6 Å². The molecule has 0 amide bonds. The van der Waals surface area contributed by atoms with E-state index in [4.69, 9.17) is 0 Å². The van der Waals surface area contributed by atoms with E-state index < -0.39 is 0 Å². The number of thioether (sulfide) groups is 2. The molecule has 0 radical (unpaired) electrons. The summed E-state index contributed by atoms with van der Waals surface area (Å²) in [7, 11) is 3.73. The van der Waals surface area contributed by atoms with Crippen LogP contribution < -0.4 is 9.60 Å². The molecule has 0 saturated carbocycles. The molecular weight excluding hydrogens is 308 g/mol. The Balaban J connectivity index is 2.43. The molecule has 0 aliphatic carbocycles. The molecule has 6 nitrogen and oxygen atoms in total. The van der Waals surface area contributed by atoms with Crippen LogP contribution in [0.25, 0.3) is 0 Å². The minimum Gasteiger partial charge on any atom is -0.239 e. The minimum absolute atomic E-state index is 0.776. The zero-order valence-corrected chi connectivity index (χ0v) is 13.6. The maximum absolute atomic E-state index is 4.31. The summed E-state index contributed by atoms with van der Waals surface area (Å²) in [6, 6.07) is 0. The fraction of sp³-hybridized carbons (Fsp3) is 0.500. The summed E-state index contributed by atoms with van der Waals surface area (Å²) in [5.41, 5.74) is 0. The summed E-state index contributed by atoms with van der Waals surface area (Å²) in [6.45, 7) is 0. The Labute approximate surface area is 120 Å². The Kier molecular flexibility index (Phi) is 4.65. The zero-order chi connectivity index (χ0) is 13.1. The van der Waals surface area contributed by atoms with Gasteiger partial charge in [0.05, 0.1) is 0 Å². The van der Waals surface area contributed by atoms with Gasteiger partial charge in [-0.3, -0.25) is 0 Å². The summed E-state index contributed by atoms with van der Waals surface area (Å²) in [5, 5.41) is 17.1. The molecule has 0 aliphatic heterocycles.